The molecule has 0 bridgehead atoms. The second kappa shape index (κ2) is 9.66. The van der Waals surface area contributed by atoms with Gasteiger partial charge in [0.1, 0.15) is 5.82 Å². The summed E-state index contributed by atoms with van der Waals surface area (Å²) in [4.78, 5) is 9.16. The summed E-state index contributed by atoms with van der Waals surface area (Å²) in [5, 5.41) is 14.9. The zero-order chi connectivity index (χ0) is 18.2. The van der Waals surface area contributed by atoms with Crippen molar-refractivity contribution in [2.75, 3.05) is 19.3 Å². The zero-order valence-corrected chi connectivity index (χ0v) is 16.3. The maximum atomic E-state index is 5.32. The number of guanidine groups is 1. The molecule has 2 aromatic heterocycles. The van der Waals surface area contributed by atoms with Crippen molar-refractivity contribution in [2.45, 2.75) is 50.3 Å². The van der Waals surface area contributed by atoms with E-state index < -0.39 is 0 Å². The number of nitrogens with zero attached hydrogens (tertiary/aromatic N) is 3. The van der Waals surface area contributed by atoms with Crippen molar-refractivity contribution in [3.63, 3.8) is 0 Å². The third kappa shape index (κ3) is 5.27. The van der Waals surface area contributed by atoms with E-state index in [-0.39, 0.29) is 0 Å². The number of aromatic nitrogens is 3. The van der Waals surface area contributed by atoms with Crippen molar-refractivity contribution in [3.05, 3.63) is 24.2 Å². The number of rotatable bonds is 7. The van der Waals surface area contributed by atoms with E-state index in [9.17, 15) is 0 Å². The van der Waals surface area contributed by atoms with Crippen LogP contribution in [0.1, 0.15) is 38.4 Å². The van der Waals surface area contributed by atoms with E-state index in [4.69, 9.17) is 9.41 Å². The molecule has 2 unspecified atom stereocenters. The first-order valence-corrected chi connectivity index (χ1v) is 10.6. The first-order chi connectivity index (χ1) is 12.8. The van der Waals surface area contributed by atoms with Crippen molar-refractivity contribution in [2.24, 2.45) is 4.99 Å². The number of aromatic amines is 1. The van der Waals surface area contributed by atoms with Crippen molar-refractivity contribution < 1.29 is 4.42 Å². The van der Waals surface area contributed by atoms with Crippen LogP contribution < -0.4 is 10.6 Å². The van der Waals surface area contributed by atoms with E-state index in [1.165, 1.54) is 25.7 Å². The lowest BCUT2D eigenvalue weighted by atomic mass is 9.95. The van der Waals surface area contributed by atoms with Crippen molar-refractivity contribution in [1.29, 1.82) is 0 Å². The van der Waals surface area contributed by atoms with Gasteiger partial charge in [0.2, 0.25) is 5.82 Å². The van der Waals surface area contributed by atoms with E-state index in [1.54, 1.807) is 6.26 Å². The Kier molecular flexibility index (Phi) is 6.99. The smallest absolute Gasteiger partial charge is 0.216 e. The molecule has 0 saturated heterocycles. The van der Waals surface area contributed by atoms with Crippen LogP contribution in [0.4, 0.5) is 0 Å². The van der Waals surface area contributed by atoms with Gasteiger partial charge in [-0.25, -0.2) is 4.98 Å². The average molecular weight is 377 g/mol. The van der Waals surface area contributed by atoms with Gasteiger partial charge < -0.3 is 15.1 Å². The quantitative estimate of drug-likeness (QED) is 0.508. The number of thioether (sulfide) groups is 1. The van der Waals surface area contributed by atoms with Gasteiger partial charge >= 0.3 is 0 Å². The fourth-order valence-electron chi connectivity index (χ4n) is 3.20. The first kappa shape index (κ1) is 18.8. The van der Waals surface area contributed by atoms with Gasteiger partial charge in [0.15, 0.2) is 11.7 Å². The molecule has 142 valence electrons. The number of hydrogen-bond donors (Lipinski definition) is 3. The number of H-pyrrole nitrogens is 1. The van der Waals surface area contributed by atoms with Crippen LogP contribution in [-0.2, 0) is 6.42 Å². The van der Waals surface area contributed by atoms with Crippen LogP contribution in [0.5, 0.6) is 0 Å². The summed E-state index contributed by atoms with van der Waals surface area (Å²) in [5.41, 5.74) is 0. The standard InChI is InChI=1S/C18H28N6OS/c1-3-19-18(21-13-6-4-7-14(12-13)26-2)20-10-9-16-22-17(24-23-16)15-8-5-11-25-15/h5,8,11,13-14H,3-4,6-7,9-10,12H2,1-2H3,(H2,19,20,21)(H,22,23,24). The summed E-state index contributed by atoms with van der Waals surface area (Å²) in [6.07, 6.45) is 9.59. The molecule has 1 fully saturated rings. The molecule has 1 saturated carbocycles. The lowest BCUT2D eigenvalue weighted by molar-refractivity contribution is 0.419. The highest BCUT2D eigenvalue weighted by molar-refractivity contribution is 7.99. The molecule has 3 rings (SSSR count). The molecule has 1 aliphatic rings. The molecule has 0 amide bonds. The topological polar surface area (TPSA) is 91.1 Å². The van der Waals surface area contributed by atoms with Crippen molar-refractivity contribution in [3.8, 4) is 11.6 Å². The molecular weight excluding hydrogens is 348 g/mol. The maximum Gasteiger partial charge on any atom is 0.216 e. The monoisotopic (exact) mass is 376 g/mol. The Bertz CT molecular complexity index is 684. The van der Waals surface area contributed by atoms with Crippen LogP contribution in [0.2, 0.25) is 0 Å². The molecule has 0 radical (unpaired) electrons. The number of aliphatic imine (C=N–C) groups is 1. The van der Waals surface area contributed by atoms with Gasteiger partial charge in [-0.1, -0.05) is 6.42 Å². The highest BCUT2D eigenvalue weighted by atomic mass is 32.2. The van der Waals surface area contributed by atoms with E-state index in [0.29, 0.717) is 30.6 Å². The summed E-state index contributed by atoms with van der Waals surface area (Å²) in [5.74, 6) is 2.97. The summed E-state index contributed by atoms with van der Waals surface area (Å²) in [6, 6.07) is 4.19. The minimum absolute atomic E-state index is 0.509. The van der Waals surface area contributed by atoms with Crippen LogP contribution in [0.15, 0.2) is 27.8 Å². The fourth-order valence-corrected chi connectivity index (χ4v) is 4.03. The fraction of sp³-hybridized carbons (Fsp3) is 0.611. The molecule has 26 heavy (non-hydrogen) atoms. The molecule has 8 heteroatoms. The van der Waals surface area contributed by atoms with Crippen LogP contribution in [-0.4, -0.2) is 51.8 Å². The molecule has 2 aromatic rings. The Hall–Kier alpha value is -1.96. The van der Waals surface area contributed by atoms with Crippen molar-refractivity contribution in [1.82, 2.24) is 25.8 Å². The van der Waals surface area contributed by atoms with Gasteiger partial charge in [-0.15, -0.1) is 0 Å². The Morgan fingerprint density at radius 1 is 1.46 bits per heavy atom. The summed E-state index contributed by atoms with van der Waals surface area (Å²) in [7, 11) is 0. The van der Waals surface area contributed by atoms with Crippen LogP contribution >= 0.6 is 11.8 Å². The largest absolute Gasteiger partial charge is 0.461 e. The third-order valence-corrected chi connectivity index (χ3v) is 5.63. The predicted molar refractivity (Wildman–Crippen MR) is 106 cm³/mol. The van der Waals surface area contributed by atoms with Gasteiger partial charge in [-0.05, 0) is 44.6 Å². The maximum absolute atomic E-state index is 5.32. The van der Waals surface area contributed by atoms with Crippen LogP contribution in [0.3, 0.4) is 0 Å². The number of nitrogens with one attached hydrogen (secondary N) is 3. The summed E-state index contributed by atoms with van der Waals surface area (Å²) >= 11 is 1.98. The van der Waals surface area contributed by atoms with Crippen LogP contribution in [0, 0.1) is 0 Å². The zero-order valence-electron chi connectivity index (χ0n) is 15.5. The molecule has 2 heterocycles. The first-order valence-electron chi connectivity index (χ1n) is 9.31. The van der Waals surface area contributed by atoms with E-state index in [2.05, 4.69) is 39.0 Å². The number of hydrogen-bond acceptors (Lipinski definition) is 5. The minimum Gasteiger partial charge on any atom is -0.461 e. The SMILES string of the molecule is CCNC(=NCCc1nc(-c2ccco2)n[nH]1)NC1CCCC(SC)C1. The second-order valence-electron chi connectivity index (χ2n) is 6.46. The Morgan fingerprint density at radius 2 is 2.38 bits per heavy atom. The molecule has 7 nitrogen and oxygen atoms in total. The molecular formula is C18H28N6OS. The average Bonchev–Trinajstić information content (AvgIpc) is 3.33. The predicted octanol–water partition coefficient (Wildman–Crippen LogP) is 2.84. The van der Waals surface area contributed by atoms with E-state index >= 15 is 0 Å². The van der Waals surface area contributed by atoms with Gasteiger partial charge in [0.25, 0.3) is 0 Å². The molecule has 0 aliphatic heterocycles. The summed E-state index contributed by atoms with van der Waals surface area (Å²) < 4.78 is 5.32. The van der Waals surface area contributed by atoms with Gasteiger partial charge in [0.05, 0.1) is 6.26 Å². The van der Waals surface area contributed by atoms with Crippen LogP contribution in [0.25, 0.3) is 11.6 Å². The van der Waals surface area contributed by atoms with Gasteiger partial charge in [0, 0.05) is 30.8 Å². The van der Waals surface area contributed by atoms with E-state index in [1.807, 2.05) is 23.9 Å². The van der Waals surface area contributed by atoms with Gasteiger partial charge in [-0.2, -0.15) is 16.9 Å². The highest BCUT2D eigenvalue weighted by Crippen LogP contribution is 2.26. The minimum atomic E-state index is 0.509. The normalized spacial score (nSPS) is 20.9. The Morgan fingerprint density at radius 3 is 3.15 bits per heavy atom. The third-order valence-electron chi connectivity index (χ3n) is 4.54. The molecule has 3 N–H and O–H groups in total. The van der Waals surface area contributed by atoms with E-state index in [0.717, 1.165) is 23.6 Å². The highest BCUT2D eigenvalue weighted by Gasteiger charge is 2.21. The lowest BCUT2D eigenvalue weighted by Crippen LogP contribution is -2.45. The Balaban J connectivity index is 1.52. The molecule has 0 aromatic carbocycles. The molecule has 1 aliphatic carbocycles. The molecule has 2 atom stereocenters. The molecule has 0 spiro atoms. The van der Waals surface area contributed by atoms with Gasteiger partial charge in [-0.3, -0.25) is 10.1 Å². The summed E-state index contributed by atoms with van der Waals surface area (Å²) in [6.45, 7) is 3.60. The Labute approximate surface area is 158 Å². The number of furan rings is 1. The second-order valence-corrected chi connectivity index (χ2v) is 7.60. The lowest BCUT2D eigenvalue weighted by Gasteiger charge is -2.29. The van der Waals surface area contributed by atoms with Crippen molar-refractivity contribution >= 4 is 17.7 Å².